The largest absolute Gasteiger partial charge is 0.302 e. The number of thiazole rings is 1. The molecule has 0 aliphatic rings. The first-order valence-corrected chi connectivity index (χ1v) is 8.29. The Hall–Kier alpha value is -2.05. The van der Waals surface area contributed by atoms with E-state index in [1.165, 1.54) is 11.3 Å². The maximum absolute atomic E-state index is 12.1. The number of hydrogen-bond donors (Lipinski definition) is 1. The van der Waals surface area contributed by atoms with Gasteiger partial charge in [0.1, 0.15) is 0 Å². The van der Waals surface area contributed by atoms with Gasteiger partial charge in [0.25, 0.3) is 0 Å². The molecule has 0 bridgehead atoms. The minimum Gasteiger partial charge on any atom is -0.302 e. The molecule has 0 fully saturated rings. The number of halogens is 1. The quantitative estimate of drug-likeness (QED) is 0.747. The van der Waals surface area contributed by atoms with Gasteiger partial charge in [0.05, 0.1) is 12.1 Å². The maximum Gasteiger partial charge on any atom is 0.230 e. The van der Waals surface area contributed by atoms with Crippen LogP contribution in [-0.2, 0) is 11.2 Å². The number of rotatable bonds is 4. The fraction of sp³-hybridized carbons (Fsp3) is 0.0625. The van der Waals surface area contributed by atoms with Crippen molar-refractivity contribution in [3.63, 3.8) is 0 Å². The predicted molar refractivity (Wildman–Crippen MR) is 91.8 cm³/mol. The van der Waals surface area contributed by atoms with E-state index in [0.29, 0.717) is 11.6 Å². The van der Waals surface area contributed by atoms with Crippen LogP contribution < -0.4 is 5.32 Å². The molecule has 3 aromatic rings. The zero-order valence-corrected chi connectivity index (χ0v) is 13.9. The lowest BCUT2D eigenvalue weighted by molar-refractivity contribution is -0.115. The number of aromatic nitrogens is 2. The number of nitrogens with one attached hydrogen (secondary N) is 1. The summed E-state index contributed by atoms with van der Waals surface area (Å²) in [6.07, 6.45) is 3.76. The third-order valence-corrected chi connectivity index (χ3v) is 4.57. The summed E-state index contributed by atoms with van der Waals surface area (Å²) in [5.41, 5.74) is 2.77. The summed E-state index contributed by atoms with van der Waals surface area (Å²) in [5.74, 6) is -0.0810. The normalized spacial score (nSPS) is 10.4. The first kappa shape index (κ1) is 14.9. The highest BCUT2D eigenvalue weighted by atomic mass is 79.9. The van der Waals surface area contributed by atoms with Crippen LogP contribution in [0.25, 0.3) is 11.3 Å². The van der Waals surface area contributed by atoms with Gasteiger partial charge < -0.3 is 5.32 Å². The van der Waals surface area contributed by atoms with E-state index in [1.54, 1.807) is 12.4 Å². The lowest BCUT2D eigenvalue weighted by Crippen LogP contribution is -2.14. The molecule has 1 aromatic carbocycles. The molecule has 0 saturated heterocycles. The van der Waals surface area contributed by atoms with Crippen LogP contribution in [0.15, 0.2) is 58.6 Å². The van der Waals surface area contributed by atoms with E-state index in [0.717, 1.165) is 21.3 Å². The van der Waals surface area contributed by atoms with Gasteiger partial charge in [0.15, 0.2) is 5.13 Å². The molecule has 2 heterocycles. The number of anilines is 1. The van der Waals surface area contributed by atoms with E-state index in [2.05, 4.69) is 31.2 Å². The zero-order chi connectivity index (χ0) is 15.4. The zero-order valence-electron chi connectivity index (χ0n) is 11.5. The Morgan fingerprint density at radius 2 is 1.95 bits per heavy atom. The number of amides is 1. The molecule has 4 nitrogen and oxygen atoms in total. The van der Waals surface area contributed by atoms with Crippen LogP contribution in [0, 0.1) is 0 Å². The number of pyridine rings is 1. The molecule has 6 heteroatoms. The van der Waals surface area contributed by atoms with Gasteiger partial charge in [-0.15, -0.1) is 11.3 Å². The first-order valence-electron chi connectivity index (χ1n) is 6.61. The highest BCUT2D eigenvalue weighted by Gasteiger charge is 2.10. The predicted octanol–water partition coefficient (Wildman–Crippen LogP) is 4.15. The molecule has 0 unspecified atom stereocenters. The highest BCUT2D eigenvalue weighted by molar-refractivity contribution is 9.10. The second kappa shape index (κ2) is 6.81. The second-order valence-corrected chi connectivity index (χ2v) is 6.30. The van der Waals surface area contributed by atoms with E-state index in [4.69, 9.17) is 0 Å². The Bertz CT molecular complexity index is 789. The van der Waals surface area contributed by atoms with Crippen LogP contribution in [-0.4, -0.2) is 15.9 Å². The van der Waals surface area contributed by atoms with Gasteiger partial charge in [0.2, 0.25) is 5.91 Å². The number of carbonyl (C=O) groups excluding carboxylic acids is 1. The molecule has 22 heavy (non-hydrogen) atoms. The van der Waals surface area contributed by atoms with Gasteiger partial charge in [-0.25, -0.2) is 4.98 Å². The Morgan fingerprint density at radius 1 is 1.18 bits per heavy atom. The fourth-order valence-corrected chi connectivity index (χ4v) is 3.13. The topological polar surface area (TPSA) is 54.9 Å². The van der Waals surface area contributed by atoms with Crippen molar-refractivity contribution < 1.29 is 4.79 Å². The molecular formula is C16H12BrN3OS. The average Bonchev–Trinajstić information content (AvgIpc) is 2.99. The van der Waals surface area contributed by atoms with Gasteiger partial charge >= 0.3 is 0 Å². The fourth-order valence-electron chi connectivity index (χ4n) is 1.96. The lowest BCUT2D eigenvalue weighted by Gasteiger charge is -2.04. The van der Waals surface area contributed by atoms with E-state index in [1.807, 2.05) is 41.8 Å². The Labute approximate surface area is 140 Å². The summed E-state index contributed by atoms with van der Waals surface area (Å²) >= 11 is 4.86. The summed E-state index contributed by atoms with van der Waals surface area (Å²) in [6.45, 7) is 0. The molecule has 110 valence electrons. The SMILES string of the molecule is O=C(Cc1ccccc1Br)Nc1nc(-c2ccncc2)cs1. The average molecular weight is 374 g/mol. The third-order valence-electron chi connectivity index (χ3n) is 3.04. The molecule has 1 amide bonds. The molecule has 0 saturated carbocycles. The van der Waals surface area contributed by atoms with Gasteiger partial charge in [0, 0.05) is 27.8 Å². The van der Waals surface area contributed by atoms with Crippen molar-refractivity contribution in [2.45, 2.75) is 6.42 Å². The van der Waals surface area contributed by atoms with Crippen molar-refractivity contribution in [3.05, 3.63) is 64.2 Å². The molecule has 3 rings (SSSR count). The van der Waals surface area contributed by atoms with Crippen LogP contribution in [0.4, 0.5) is 5.13 Å². The summed E-state index contributed by atoms with van der Waals surface area (Å²) in [4.78, 5) is 20.5. The van der Waals surface area contributed by atoms with Gasteiger partial charge in [-0.05, 0) is 23.8 Å². The highest BCUT2D eigenvalue weighted by Crippen LogP contribution is 2.24. The van der Waals surface area contributed by atoms with Gasteiger partial charge in [-0.3, -0.25) is 9.78 Å². The van der Waals surface area contributed by atoms with E-state index in [9.17, 15) is 4.79 Å². The summed E-state index contributed by atoms with van der Waals surface area (Å²) in [6, 6.07) is 11.5. The van der Waals surface area contributed by atoms with Crippen molar-refractivity contribution in [2.24, 2.45) is 0 Å². The molecular weight excluding hydrogens is 362 g/mol. The minimum absolute atomic E-state index is 0.0810. The van der Waals surface area contributed by atoms with Crippen molar-refractivity contribution in [1.29, 1.82) is 0 Å². The van der Waals surface area contributed by atoms with Crippen molar-refractivity contribution in [2.75, 3.05) is 5.32 Å². The van der Waals surface area contributed by atoms with Crippen molar-refractivity contribution in [1.82, 2.24) is 9.97 Å². The smallest absolute Gasteiger partial charge is 0.230 e. The van der Waals surface area contributed by atoms with Crippen LogP contribution in [0.3, 0.4) is 0 Å². The van der Waals surface area contributed by atoms with Crippen molar-refractivity contribution >= 4 is 38.3 Å². The molecule has 0 aliphatic carbocycles. The van der Waals surface area contributed by atoms with Crippen molar-refractivity contribution in [3.8, 4) is 11.3 Å². The second-order valence-electron chi connectivity index (χ2n) is 4.59. The summed E-state index contributed by atoms with van der Waals surface area (Å²) < 4.78 is 0.932. The third kappa shape index (κ3) is 3.58. The number of carbonyl (C=O) groups is 1. The van der Waals surface area contributed by atoms with Crippen LogP contribution in [0.5, 0.6) is 0 Å². The lowest BCUT2D eigenvalue weighted by atomic mass is 10.1. The molecule has 0 radical (unpaired) electrons. The number of hydrogen-bond acceptors (Lipinski definition) is 4. The van der Waals surface area contributed by atoms with Crippen LogP contribution >= 0.6 is 27.3 Å². The molecule has 0 aliphatic heterocycles. The number of benzene rings is 1. The van der Waals surface area contributed by atoms with Crippen LogP contribution in [0.2, 0.25) is 0 Å². The molecule has 1 N–H and O–H groups in total. The first-order chi connectivity index (χ1) is 10.7. The monoisotopic (exact) mass is 373 g/mol. The maximum atomic E-state index is 12.1. The van der Waals surface area contributed by atoms with Crippen LogP contribution in [0.1, 0.15) is 5.56 Å². The Morgan fingerprint density at radius 3 is 2.73 bits per heavy atom. The summed E-state index contributed by atoms with van der Waals surface area (Å²) in [5, 5.41) is 5.36. The molecule has 0 atom stereocenters. The van der Waals surface area contributed by atoms with Gasteiger partial charge in [-0.1, -0.05) is 34.1 Å². The van der Waals surface area contributed by atoms with E-state index >= 15 is 0 Å². The van der Waals surface area contributed by atoms with E-state index in [-0.39, 0.29) is 5.91 Å². The standard InChI is InChI=1S/C16H12BrN3OS/c17-13-4-2-1-3-12(13)9-15(21)20-16-19-14(10-22-16)11-5-7-18-8-6-11/h1-8,10H,9H2,(H,19,20,21). The minimum atomic E-state index is -0.0810. The van der Waals surface area contributed by atoms with Gasteiger partial charge in [-0.2, -0.15) is 0 Å². The Kier molecular flexibility index (Phi) is 4.60. The summed E-state index contributed by atoms with van der Waals surface area (Å²) in [7, 11) is 0. The number of nitrogens with zero attached hydrogens (tertiary/aromatic N) is 2. The van der Waals surface area contributed by atoms with E-state index < -0.39 is 0 Å². The molecule has 0 spiro atoms. The molecule has 2 aromatic heterocycles. The Balaban J connectivity index is 1.68.